The van der Waals surface area contributed by atoms with Crippen molar-refractivity contribution in [3.05, 3.63) is 205 Å². The molecule has 51 heavy (non-hydrogen) atoms. The Hall–Kier alpha value is -6.25. The van der Waals surface area contributed by atoms with Gasteiger partial charge < -0.3 is 5.32 Å². The highest BCUT2D eigenvalue weighted by Crippen LogP contribution is 2.42. The van der Waals surface area contributed by atoms with Crippen molar-refractivity contribution in [1.29, 1.82) is 0 Å². The zero-order chi connectivity index (χ0) is 34.4. The zero-order valence-electron chi connectivity index (χ0n) is 28.8. The third-order valence-corrected chi connectivity index (χ3v) is 9.84. The number of rotatable bonds is 8. The van der Waals surface area contributed by atoms with Crippen LogP contribution in [0, 0.1) is 5.92 Å². The van der Waals surface area contributed by atoms with Gasteiger partial charge in [0.2, 0.25) is 0 Å². The molecule has 2 heteroatoms. The number of fused-ring (bicyclic) bond motifs is 3. The van der Waals surface area contributed by atoms with E-state index in [9.17, 15) is 0 Å². The van der Waals surface area contributed by atoms with Gasteiger partial charge in [0.25, 0.3) is 0 Å². The molecule has 0 fully saturated rings. The summed E-state index contributed by atoms with van der Waals surface area (Å²) in [5.74, 6) is 0.296. The largest absolute Gasteiger partial charge is 0.376 e. The van der Waals surface area contributed by atoms with E-state index in [0.717, 1.165) is 39.8 Å². The summed E-state index contributed by atoms with van der Waals surface area (Å²) >= 11 is 0. The second-order valence-corrected chi connectivity index (χ2v) is 13.1. The molecule has 2 nitrogen and oxygen atoms in total. The van der Waals surface area contributed by atoms with Crippen molar-refractivity contribution >= 4 is 27.7 Å². The zero-order valence-corrected chi connectivity index (χ0v) is 28.8. The molecule has 5 aromatic carbocycles. The monoisotopic (exact) mass is 656 g/mol. The van der Waals surface area contributed by atoms with Crippen LogP contribution in [0.3, 0.4) is 0 Å². The fourth-order valence-corrected chi connectivity index (χ4v) is 7.16. The number of aromatic nitrogens is 1. The van der Waals surface area contributed by atoms with Crippen molar-refractivity contribution in [1.82, 2.24) is 4.98 Å². The van der Waals surface area contributed by atoms with Crippen molar-refractivity contribution in [2.75, 3.05) is 5.32 Å². The molecule has 0 bridgehead atoms. The average Bonchev–Trinajstić information content (AvgIpc) is 3.21. The van der Waals surface area contributed by atoms with Gasteiger partial charge in [0.15, 0.2) is 0 Å². The summed E-state index contributed by atoms with van der Waals surface area (Å²) in [6.45, 7) is 2.04. The van der Waals surface area contributed by atoms with Gasteiger partial charge in [-0.1, -0.05) is 188 Å². The van der Waals surface area contributed by atoms with Gasteiger partial charge >= 0.3 is 0 Å². The molecule has 8 rings (SSSR count). The van der Waals surface area contributed by atoms with E-state index < -0.39 is 0 Å². The molecule has 2 atom stereocenters. The van der Waals surface area contributed by atoms with Gasteiger partial charge in [0, 0.05) is 22.4 Å². The van der Waals surface area contributed by atoms with E-state index in [-0.39, 0.29) is 6.04 Å². The minimum atomic E-state index is 0.0999. The average molecular weight is 657 g/mol. The fourth-order valence-electron chi connectivity index (χ4n) is 7.16. The molecule has 0 amide bonds. The number of anilines is 1. The molecule has 0 saturated carbocycles. The summed E-state index contributed by atoms with van der Waals surface area (Å²) in [6.07, 6.45) is 23.0. The van der Waals surface area contributed by atoms with E-state index in [1.54, 1.807) is 0 Å². The molecule has 2 unspecified atom stereocenters. The van der Waals surface area contributed by atoms with Crippen molar-refractivity contribution < 1.29 is 0 Å². The Morgan fingerprint density at radius 1 is 0.627 bits per heavy atom. The van der Waals surface area contributed by atoms with Crippen LogP contribution in [0.15, 0.2) is 194 Å². The molecule has 6 aromatic rings. The number of hydrogen-bond acceptors (Lipinski definition) is 2. The van der Waals surface area contributed by atoms with Crippen LogP contribution in [0.1, 0.15) is 24.5 Å². The summed E-state index contributed by atoms with van der Waals surface area (Å²) in [6, 6.07) is 47.6. The summed E-state index contributed by atoms with van der Waals surface area (Å²) in [5.41, 5.74) is 13.8. The van der Waals surface area contributed by atoms with Gasteiger partial charge in [-0.2, -0.15) is 0 Å². The van der Waals surface area contributed by atoms with Crippen molar-refractivity contribution in [3.8, 4) is 33.5 Å². The maximum atomic E-state index is 5.47. The predicted molar refractivity (Wildman–Crippen MR) is 218 cm³/mol. The van der Waals surface area contributed by atoms with Crippen LogP contribution in [0.25, 0.3) is 55.6 Å². The topological polar surface area (TPSA) is 24.9 Å². The SMILES string of the molecule is C\C=C/C=C\C=C\C1=CC(C2C=CC(c3ccccc3)=CC2)Nc2c1ccc1c(-c3ccccc3)cc(-c3ccc(-c4ccccc4)cc3)nc21. The van der Waals surface area contributed by atoms with Gasteiger partial charge in [-0.3, -0.25) is 0 Å². The van der Waals surface area contributed by atoms with Crippen molar-refractivity contribution in [2.24, 2.45) is 5.92 Å². The molecule has 1 aromatic heterocycles. The number of allylic oxidation sites excluding steroid dienone is 10. The number of nitrogens with one attached hydrogen (secondary N) is 1. The first-order valence-electron chi connectivity index (χ1n) is 17.8. The van der Waals surface area contributed by atoms with Crippen LogP contribution in [-0.4, -0.2) is 11.0 Å². The molecular weight excluding hydrogens is 617 g/mol. The Kier molecular flexibility index (Phi) is 9.22. The summed E-state index contributed by atoms with van der Waals surface area (Å²) in [5, 5.41) is 5.15. The number of pyridine rings is 1. The van der Waals surface area contributed by atoms with E-state index >= 15 is 0 Å². The van der Waals surface area contributed by atoms with Crippen LogP contribution in [0.2, 0.25) is 0 Å². The van der Waals surface area contributed by atoms with E-state index in [0.29, 0.717) is 5.92 Å². The Morgan fingerprint density at radius 2 is 1.27 bits per heavy atom. The maximum Gasteiger partial charge on any atom is 0.0953 e. The quantitative estimate of drug-likeness (QED) is 0.165. The van der Waals surface area contributed by atoms with E-state index in [1.807, 2.05) is 13.0 Å². The lowest BCUT2D eigenvalue weighted by Gasteiger charge is -2.32. The molecule has 2 aliphatic rings. The Morgan fingerprint density at radius 3 is 1.96 bits per heavy atom. The molecule has 0 spiro atoms. The first-order valence-corrected chi connectivity index (χ1v) is 17.8. The molecule has 1 aliphatic heterocycles. The highest BCUT2D eigenvalue weighted by molar-refractivity contribution is 6.07. The van der Waals surface area contributed by atoms with Gasteiger partial charge in [0.1, 0.15) is 0 Å². The van der Waals surface area contributed by atoms with Crippen LogP contribution >= 0.6 is 0 Å². The molecule has 0 radical (unpaired) electrons. The molecule has 0 saturated heterocycles. The van der Waals surface area contributed by atoms with Crippen LogP contribution < -0.4 is 5.32 Å². The lowest BCUT2D eigenvalue weighted by atomic mass is 9.83. The summed E-state index contributed by atoms with van der Waals surface area (Å²) in [4.78, 5) is 5.47. The van der Waals surface area contributed by atoms with Crippen LogP contribution in [0.4, 0.5) is 5.69 Å². The number of hydrogen-bond donors (Lipinski definition) is 1. The number of nitrogens with zero attached hydrogens (tertiary/aromatic N) is 1. The third kappa shape index (κ3) is 6.82. The number of benzene rings is 5. The van der Waals surface area contributed by atoms with Gasteiger partial charge in [-0.25, -0.2) is 4.98 Å². The third-order valence-electron chi connectivity index (χ3n) is 9.84. The second kappa shape index (κ2) is 14.7. The summed E-state index contributed by atoms with van der Waals surface area (Å²) in [7, 11) is 0. The first kappa shape index (κ1) is 32.0. The second-order valence-electron chi connectivity index (χ2n) is 13.1. The standard InChI is InChI=1S/C49H40N2/c1-2-3-4-5-9-22-42-33-46(40-27-23-37(24-28-40)35-16-10-6-11-17-35)50-48-43(42)31-32-44-45(39-20-14-8-15-21-39)34-47(51-49(44)48)41-29-25-38(26-30-41)36-18-12-7-13-19-36/h2-27,29-34,40,46,50H,28H2,1H3/b3-2-,5-4-,22-9+. The highest BCUT2D eigenvalue weighted by atomic mass is 15.0. The maximum absolute atomic E-state index is 5.47. The van der Waals surface area contributed by atoms with Gasteiger partial charge in [-0.15, -0.1) is 0 Å². The van der Waals surface area contributed by atoms with Crippen molar-refractivity contribution in [2.45, 2.75) is 19.4 Å². The minimum Gasteiger partial charge on any atom is -0.376 e. The molecule has 246 valence electrons. The Balaban J connectivity index is 1.24. The van der Waals surface area contributed by atoms with Gasteiger partial charge in [-0.05, 0) is 58.4 Å². The Labute approximate surface area is 301 Å². The molecule has 1 N–H and O–H groups in total. The Bertz CT molecular complexity index is 2340. The van der Waals surface area contributed by atoms with E-state index in [2.05, 4.69) is 193 Å². The minimum absolute atomic E-state index is 0.0999. The predicted octanol–water partition coefficient (Wildman–Crippen LogP) is 12.8. The van der Waals surface area contributed by atoms with Gasteiger partial charge in [0.05, 0.1) is 22.9 Å². The van der Waals surface area contributed by atoms with E-state index in [1.165, 1.54) is 39.0 Å². The van der Waals surface area contributed by atoms with E-state index in [4.69, 9.17) is 4.98 Å². The fraction of sp³-hybridized carbons (Fsp3) is 0.0816. The lowest BCUT2D eigenvalue weighted by Crippen LogP contribution is -2.30. The first-order chi connectivity index (χ1) is 25.2. The smallest absolute Gasteiger partial charge is 0.0953 e. The lowest BCUT2D eigenvalue weighted by molar-refractivity contribution is 0.609. The highest BCUT2D eigenvalue weighted by Gasteiger charge is 2.27. The molecular formula is C49H40N2. The van der Waals surface area contributed by atoms with Crippen LogP contribution in [-0.2, 0) is 0 Å². The summed E-state index contributed by atoms with van der Waals surface area (Å²) < 4.78 is 0. The van der Waals surface area contributed by atoms with Crippen LogP contribution in [0.5, 0.6) is 0 Å². The van der Waals surface area contributed by atoms with Crippen molar-refractivity contribution in [3.63, 3.8) is 0 Å². The normalized spacial score (nSPS) is 17.1. The molecule has 2 heterocycles. The molecule has 1 aliphatic carbocycles.